The second kappa shape index (κ2) is 5.89. The van der Waals surface area contributed by atoms with Crippen LogP contribution in [0.15, 0.2) is 58.8 Å². The smallest absolute Gasteiger partial charge is 0.198 e. The van der Waals surface area contributed by atoms with E-state index in [1.54, 1.807) is 23.6 Å². The van der Waals surface area contributed by atoms with Gasteiger partial charge in [0.05, 0.1) is 15.7 Å². The van der Waals surface area contributed by atoms with Crippen LogP contribution >= 0.6 is 0 Å². The lowest BCUT2D eigenvalue weighted by atomic mass is 9.91. The van der Waals surface area contributed by atoms with Crippen molar-refractivity contribution in [2.24, 2.45) is 0 Å². The minimum Gasteiger partial charge on any atom is -0.250 e. The zero-order valence-corrected chi connectivity index (χ0v) is 15.9. The number of rotatable bonds is 0. The zero-order chi connectivity index (χ0) is 20.7. The summed E-state index contributed by atoms with van der Waals surface area (Å²) in [6, 6.07) is 13.7. The number of hydrogen-bond acceptors (Lipinski definition) is 1. The first kappa shape index (κ1) is 17.6. The van der Waals surface area contributed by atoms with Crippen LogP contribution in [0.25, 0.3) is 49.2 Å². The summed E-state index contributed by atoms with van der Waals surface area (Å²) in [7, 11) is -1.41. The standard InChI is InChI=1S/C24H10F4OS/c25-20-15-8-7-12-2-1-11-3-4-13-5-6-14-9-10-30(29)24(14)18(13)16(11)17(12)19(15)21(26)23(28)22(20)27/h1-10H. The molecule has 1 atom stereocenters. The molecule has 5 aromatic rings. The van der Waals surface area contributed by atoms with Gasteiger partial charge in [-0.15, -0.1) is 0 Å². The van der Waals surface area contributed by atoms with Gasteiger partial charge < -0.3 is 0 Å². The number of benzene rings is 5. The molecule has 5 aromatic carbocycles. The quantitative estimate of drug-likeness (QED) is 0.114. The molecule has 1 aliphatic rings. The molecule has 0 fully saturated rings. The van der Waals surface area contributed by atoms with E-state index < -0.39 is 34.1 Å². The third-order valence-electron chi connectivity index (χ3n) is 5.74. The van der Waals surface area contributed by atoms with E-state index in [9.17, 15) is 21.8 Å². The molecule has 0 saturated heterocycles. The van der Waals surface area contributed by atoms with Gasteiger partial charge in [-0.2, -0.15) is 0 Å². The molecule has 0 saturated carbocycles. The molecule has 0 aromatic heterocycles. The largest absolute Gasteiger partial charge is 0.250 e. The van der Waals surface area contributed by atoms with Gasteiger partial charge in [0, 0.05) is 27.0 Å². The van der Waals surface area contributed by atoms with Gasteiger partial charge in [0.15, 0.2) is 23.3 Å². The van der Waals surface area contributed by atoms with Crippen LogP contribution in [0, 0.1) is 23.3 Å². The van der Waals surface area contributed by atoms with Crippen molar-refractivity contribution in [3.8, 4) is 0 Å². The maximum absolute atomic E-state index is 15.0. The maximum atomic E-state index is 15.0. The SMILES string of the molecule is O=S1C=Cc2ccc3ccc4ccc5ccc6c(F)c(F)c(F)c(F)c6c5c4c3c21. The third-order valence-corrected chi connectivity index (χ3v) is 6.96. The molecule has 0 spiro atoms. The van der Waals surface area contributed by atoms with Crippen LogP contribution in [0.3, 0.4) is 0 Å². The van der Waals surface area contributed by atoms with Gasteiger partial charge in [0.1, 0.15) is 0 Å². The molecule has 1 unspecified atom stereocenters. The summed E-state index contributed by atoms with van der Waals surface area (Å²) in [5.41, 5.74) is 0.773. The molecule has 1 nitrogen and oxygen atoms in total. The van der Waals surface area contributed by atoms with Crippen molar-refractivity contribution in [2.75, 3.05) is 0 Å². The van der Waals surface area contributed by atoms with E-state index in [1.807, 2.05) is 30.3 Å². The highest BCUT2D eigenvalue weighted by atomic mass is 32.2. The Morgan fingerprint density at radius 3 is 1.80 bits per heavy atom. The predicted molar refractivity (Wildman–Crippen MR) is 112 cm³/mol. The van der Waals surface area contributed by atoms with Gasteiger partial charge in [-0.05, 0) is 33.2 Å². The van der Waals surface area contributed by atoms with Crippen molar-refractivity contribution >= 4 is 60.0 Å². The van der Waals surface area contributed by atoms with Crippen LogP contribution in [0.1, 0.15) is 5.56 Å². The van der Waals surface area contributed by atoms with Crippen molar-refractivity contribution in [3.63, 3.8) is 0 Å². The van der Waals surface area contributed by atoms with E-state index in [4.69, 9.17) is 0 Å². The van der Waals surface area contributed by atoms with Crippen LogP contribution in [0.4, 0.5) is 17.6 Å². The summed E-state index contributed by atoms with van der Waals surface area (Å²) in [5, 5.41) is 4.36. The van der Waals surface area contributed by atoms with Crippen LogP contribution in [0.5, 0.6) is 0 Å². The Bertz CT molecular complexity index is 1650. The van der Waals surface area contributed by atoms with E-state index in [0.29, 0.717) is 26.4 Å². The Labute approximate surface area is 169 Å². The second-order valence-corrected chi connectivity index (χ2v) is 8.53. The van der Waals surface area contributed by atoms with Crippen molar-refractivity contribution in [1.82, 2.24) is 0 Å². The normalized spacial score (nSPS) is 15.7. The Morgan fingerprint density at radius 2 is 1.10 bits per heavy atom. The van der Waals surface area contributed by atoms with Gasteiger partial charge in [-0.1, -0.05) is 48.5 Å². The lowest BCUT2D eigenvalue weighted by molar-refractivity contribution is 0.418. The van der Waals surface area contributed by atoms with E-state index in [0.717, 1.165) is 10.9 Å². The predicted octanol–water partition coefficient (Wildman–Crippen LogP) is 6.95. The van der Waals surface area contributed by atoms with Gasteiger partial charge >= 0.3 is 0 Å². The summed E-state index contributed by atoms with van der Waals surface area (Å²) < 4.78 is 70.3. The molecular weight excluding hydrogens is 412 g/mol. The molecule has 0 radical (unpaired) electrons. The van der Waals surface area contributed by atoms with E-state index in [-0.39, 0.29) is 16.2 Å². The first-order valence-electron chi connectivity index (χ1n) is 9.13. The third kappa shape index (κ3) is 2.09. The molecule has 0 amide bonds. The maximum Gasteiger partial charge on any atom is 0.198 e. The lowest BCUT2D eigenvalue weighted by Crippen LogP contribution is -1.99. The van der Waals surface area contributed by atoms with Crippen LogP contribution in [-0.4, -0.2) is 4.21 Å². The molecule has 0 aliphatic carbocycles. The van der Waals surface area contributed by atoms with Crippen molar-refractivity contribution < 1.29 is 21.8 Å². The molecule has 0 N–H and O–H groups in total. The second-order valence-electron chi connectivity index (χ2n) is 7.25. The van der Waals surface area contributed by atoms with Crippen molar-refractivity contribution in [3.05, 3.63) is 82.8 Å². The Hall–Kier alpha value is -3.25. The van der Waals surface area contributed by atoms with Crippen LogP contribution in [-0.2, 0) is 10.8 Å². The molecule has 1 heterocycles. The molecule has 1 aliphatic heterocycles. The Morgan fingerprint density at radius 1 is 0.567 bits per heavy atom. The van der Waals surface area contributed by atoms with E-state index in [2.05, 4.69) is 0 Å². The lowest BCUT2D eigenvalue weighted by Gasteiger charge is -2.14. The van der Waals surface area contributed by atoms with Crippen molar-refractivity contribution in [2.45, 2.75) is 4.90 Å². The number of hydrogen-bond donors (Lipinski definition) is 0. The molecule has 0 bridgehead atoms. The minimum absolute atomic E-state index is 0.267. The summed E-state index contributed by atoms with van der Waals surface area (Å²) in [6.07, 6.45) is 1.75. The fourth-order valence-corrected chi connectivity index (χ4v) is 5.61. The van der Waals surface area contributed by atoms with Gasteiger partial charge in [0.2, 0.25) is 0 Å². The molecule has 6 heteroatoms. The molecule has 146 valence electrons. The van der Waals surface area contributed by atoms with Crippen molar-refractivity contribution in [1.29, 1.82) is 0 Å². The van der Waals surface area contributed by atoms with Crippen LogP contribution < -0.4 is 0 Å². The average Bonchev–Trinajstić information content (AvgIpc) is 3.15. The summed E-state index contributed by atoms with van der Waals surface area (Å²) in [5.74, 6) is -6.56. The first-order chi connectivity index (χ1) is 14.5. The summed E-state index contributed by atoms with van der Waals surface area (Å²) >= 11 is 0. The van der Waals surface area contributed by atoms with Gasteiger partial charge in [-0.3, -0.25) is 0 Å². The Kier molecular flexibility index (Phi) is 3.45. The fourth-order valence-electron chi connectivity index (χ4n) is 4.42. The van der Waals surface area contributed by atoms with Gasteiger partial charge in [0.25, 0.3) is 0 Å². The average molecular weight is 422 g/mol. The summed E-state index contributed by atoms with van der Waals surface area (Å²) in [6.45, 7) is 0. The number of halogens is 4. The Balaban J connectivity index is 2.01. The zero-order valence-electron chi connectivity index (χ0n) is 15.1. The van der Waals surface area contributed by atoms with E-state index in [1.165, 1.54) is 6.07 Å². The van der Waals surface area contributed by atoms with Gasteiger partial charge in [-0.25, -0.2) is 21.8 Å². The first-order valence-corrected chi connectivity index (χ1v) is 10.3. The number of fused-ring (bicyclic) bond motifs is 9. The highest BCUT2D eigenvalue weighted by Gasteiger charge is 2.24. The highest BCUT2D eigenvalue weighted by Crippen LogP contribution is 2.42. The van der Waals surface area contributed by atoms with Crippen LogP contribution in [0.2, 0.25) is 0 Å². The minimum atomic E-state index is -1.85. The highest BCUT2D eigenvalue weighted by molar-refractivity contribution is 7.88. The topological polar surface area (TPSA) is 17.1 Å². The molecule has 6 rings (SSSR count). The van der Waals surface area contributed by atoms with E-state index >= 15 is 0 Å². The fraction of sp³-hybridized carbons (Fsp3) is 0. The molecule has 30 heavy (non-hydrogen) atoms. The molecular formula is C24H10F4OS. The summed E-state index contributed by atoms with van der Waals surface area (Å²) in [4.78, 5) is 0.575. The monoisotopic (exact) mass is 422 g/mol.